The van der Waals surface area contributed by atoms with Crippen LogP contribution >= 0.6 is 0 Å². The van der Waals surface area contributed by atoms with Crippen LogP contribution in [0.5, 0.6) is 0 Å². The van der Waals surface area contributed by atoms with Gasteiger partial charge in [0.05, 0.1) is 11.7 Å². The first-order valence-corrected chi connectivity index (χ1v) is 7.61. The van der Waals surface area contributed by atoms with Crippen molar-refractivity contribution in [2.24, 2.45) is 0 Å². The van der Waals surface area contributed by atoms with Crippen molar-refractivity contribution >= 4 is 16.6 Å². The van der Waals surface area contributed by atoms with E-state index in [2.05, 4.69) is 14.9 Å². The summed E-state index contributed by atoms with van der Waals surface area (Å²) in [6.45, 7) is 1.66. The van der Waals surface area contributed by atoms with Gasteiger partial charge in [-0.15, -0.1) is 0 Å². The molecule has 4 rings (SSSR count). The molecular formula is C18H15F2N3. The Hall–Kier alpha value is -2.56. The summed E-state index contributed by atoms with van der Waals surface area (Å²) in [5.41, 5.74) is 2.83. The maximum atomic E-state index is 13.5. The Balaban J connectivity index is 1.63. The quantitative estimate of drug-likeness (QED) is 0.719. The largest absolute Gasteiger partial charge is 0.370 e. The average Bonchev–Trinajstić information content (AvgIpc) is 3.06. The second kappa shape index (κ2) is 5.57. The van der Waals surface area contributed by atoms with Gasteiger partial charge in [-0.05, 0) is 36.2 Å². The number of nitrogens with zero attached hydrogens (tertiary/aromatic N) is 3. The molecule has 0 N–H and O–H groups in total. The van der Waals surface area contributed by atoms with Gasteiger partial charge in [0.25, 0.3) is 0 Å². The van der Waals surface area contributed by atoms with E-state index in [1.807, 2.05) is 12.1 Å². The number of hydrogen-bond acceptors (Lipinski definition) is 3. The number of pyridine rings is 2. The van der Waals surface area contributed by atoms with Crippen LogP contribution in [0.1, 0.15) is 17.9 Å². The van der Waals surface area contributed by atoms with Crippen molar-refractivity contribution in [3.05, 3.63) is 66.1 Å². The third-order valence-electron chi connectivity index (χ3n) is 4.47. The van der Waals surface area contributed by atoms with E-state index in [4.69, 9.17) is 0 Å². The molecule has 3 nitrogen and oxygen atoms in total. The SMILES string of the molecule is Fc1ccc(C2CCN(c3ccnc4cnccc34)C2)cc1F. The highest BCUT2D eigenvalue weighted by molar-refractivity contribution is 5.90. The van der Waals surface area contributed by atoms with Crippen molar-refractivity contribution in [1.82, 2.24) is 9.97 Å². The van der Waals surface area contributed by atoms with Crippen molar-refractivity contribution in [3.8, 4) is 0 Å². The zero-order valence-corrected chi connectivity index (χ0v) is 12.4. The van der Waals surface area contributed by atoms with Crippen LogP contribution in [0.4, 0.5) is 14.5 Å². The third kappa shape index (κ3) is 2.52. The van der Waals surface area contributed by atoms with E-state index in [0.717, 1.165) is 41.7 Å². The highest BCUT2D eigenvalue weighted by Crippen LogP contribution is 2.34. The first-order valence-electron chi connectivity index (χ1n) is 7.61. The molecule has 3 heterocycles. The van der Waals surface area contributed by atoms with E-state index in [-0.39, 0.29) is 5.92 Å². The molecule has 0 radical (unpaired) electrons. The summed E-state index contributed by atoms with van der Waals surface area (Å²) in [5, 5.41) is 1.06. The maximum Gasteiger partial charge on any atom is 0.159 e. The number of hydrogen-bond donors (Lipinski definition) is 0. The van der Waals surface area contributed by atoms with Gasteiger partial charge in [0.1, 0.15) is 0 Å². The number of halogens is 2. The van der Waals surface area contributed by atoms with E-state index in [1.165, 1.54) is 12.1 Å². The molecule has 0 saturated carbocycles. The minimum atomic E-state index is -0.795. The lowest BCUT2D eigenvalue weighted by Crippen LogP contribution is -2.19. The van der Waals surface area contributed by atoms with Crippen molar-refractivity contribution in [1.29, 1.82) is 0 Å². The van der Waals surface area contributed by atoms with Crippen molar-refractivity contribution in [2.75, 3.05) is 18.0 Å². The number of anilines is 1. The molecule has 116 valence electrons. The van der Waals surface area contributed by atoms with E-state index < -0.39 is 11.6 Å². The van der Waals surface area contributed by atoms with Gasteiger partial charge in [-0.2, -0.15) is 0 Å². The Labute approximate surface area is 132 Å². The fourth-order valence-corrected chi connectivity index (χ4v) is 3.28. The maximum absolute atomic E-state index is 13.5. The Morgan fingerprint density at radius 3 is 2.83 bits per heavy atom. The van der Waals surface area contributed by atoms with E-state index >= 15 is 0 Å². The first-order chi connectivity index (χ1) is 11.2. The molecule has 1 unspecified atom stereocenters. The topological polar surface area (TPSA) is 29.0 Å². The van der Waals surface area contributed by atoms with Crippen molar-refractivity contribution < 1.29 is 8.78 Å². The van der Waals surface area contributed by atoms with Gasteiger partial charge in [-0.25, -0.2) is 8.78 Å². The molecule has 5 heteroatoms. The molecular weight excluding hydrogens is 296 g/mol. The smallest absolute Gasteiger partial charge is 0.159 e. The number of fused-ring (bicyclic) bond motifs is 1. The Kier molecular flexibility index (Phi) is 3.41. The standard InChI is InChI=1S/C18H15F2N3/c19-15-2-1-12(9-16(15)20)13-5-8-23(11-13)18-4-7-22-17-10-21-6-3-14(17)18/h1-4,6-7,9-10,13H,5,8,11H2. The molecule has 2 aromatic heterocycles. The Morgan fingerprint density at radius 2 is 1.96 bits per heavy atom. The molecule has 1 fully saturated rings. The van der Waals surface area contributed by atoms with Crippen molar-refractivity contribution in [2.45, 2.75) is 12.3 Å². The van der Waals surface area contributed by atoms with Gasteiger partial charge in [0.2, 0.25) is 0 Å². The fourth-order valence-electron chi connectivity index (χ4n) is 3.28. The molecule has 0 amide bonds. The summed E-state index contributed by atoms with van der Waals surface area (Å²) in [6.07, 6.45) is 6.21. The van der Waals surface area contributed by atoms with Gasteiger partial charge in [-0.3, -0.25) is 9.97 Å². The number of aromatic nitrogens is 2. The first kappa shape index (κ1) is 14.1. The number of benzene rings is 1. The normalized spacial score (nSPS) is 17.8. The summed E-state index contributed by atoms with van der Waals surface area (Å²) in [5.74, 6) is -1.37. The van der Waals surface area contributed by atoms with Crippen LogP contribution in [0.15, 0.2) is 48.9 Å². The average molecular weight is 311 g/mol. The Morgan fingerprint density at radius 1 is 1.04 bits per heavy atom. The molecule has 1 aliphatic rings. The monoisotopic (exact) mass is 311 g/mol. The van der Waals surface area contributed by atoms with E-state index in [0.29, 0.717) is 0 Å². The summed E-state index contributed by atoms with van der Waals surface area (Å²) < 4.78 is 26.6. The van der Waals surface area contributed by atoms with Crippen LogP contribution in [-0.4, -0.2) is 23.1 Å². The zero-order valence-electron chi connectivity index (χ0n) is 12.4. The molecule has 1 saturated heterocycles. The second-order valence-corrected chi connectivity index (χ2v) is 5.83. The fraction of sp³-hybridized carbons (Fsp3) is 0.222. The summed E-state index contributed by atoms with van der Waals surface area (Å²) in [6, 6.07) is 8.17. The second-order valence-electron chi connectivity index (χ2n) is 5.83. The lowest BCUT2D eigenvalue weighted by atomic mass is 9.98. The highest BCUT2D eigenvalue weighted by Gasteiger charge is 2.25. The Bertz CT molecular complexity index is 861. The highest BCUT2D eigenvalue weighted by atomic mass is 19.2. The number of rotatable bonds is 2. The van der Waals surface area contributed by atoms with Crippen LogP contribution in [0.2, 0.25) is 0 Å². The minimum absolute atomic E-state index is 0.204. The van der Waals surface area contributed by atoms with Crippen LogP contribution in [-0.2, 0) is 0 Å². The molecule has 1 aliphatic heterocycles. The zero-order chi connectivity index (χ0) is 15.8. The molecule has 3 aromatic rings. The lowest BCUT2D eigenvalue weighted by molar-refractivity contribution is 0.505. The third-order valence-corrected chi connectivity index (χ3v) is 4.47. The van der Waals surface area contributed by atoms with Gasteiger partial charge in [0, 0.05) is 42.5 Å². The minimum Gasteiger partial charge on any atom is -0.370 e. The lowest BCUT2D eigenvalue weighted by Gasteiger charge is -2.20. The molecule has 0 bridgehead atoms. The van der Waals surface area contributed by atoms with Gasteiger partial charge in [0.15, 0.2) is 11.6 Å². The van der Waals surface area contributed by atoms with Gasteiger partial charge < -0.3 is 4.90 Å². The molecule has 0 aliphatic carbocycles. The van der Waals surface area contributed by atoms with E-state index in [9.17, 15) is 8.78 Å². The van der Waals surface area contributed by atoms with Crippen LogP contribution in [0.25, 0.3) is 10.9 Å². The van der Waals surface area contributed by atoms with Crippen LogP contribution < -0.4 is 4.90 Å². The van der Waals surface area contributed by atoms with Crippen LogP contribution in [0, 0.1) is 11.6 Å². The molecule has 0 spiro atoms. The van der Waals surface area contributed by atoms with Crippen LogP contribution in [0.3, 0.4) is 0 Å². The summed E-state index contributed by atoms with van der Waals surface area (Å²) in [4.78, 5) is 10.7. The predicted octanol–water partition coefficient (Wildman–Crippen LogP) is 3.90. The predicted molar refractivity (Wildman–Crippen MR) is 85.5 cm³/mol. The van der Waals surface area contributed by atoms with Gasteiger partial charge >= 0.3 is 0 Å². The summed E-state index contributed by atoms with van der Waals surface area (Å²) in [7, 11) is 0. The van der Waals surface area contributed by atoms with Gasteiger partial charge in [-0.1, -0.05) is 6.07 Å². The molecule has 1 atom stereocenters. The van der Waals surface area contributed by atoms with Crippen molar-refractivity contribution in [3.63, 3.8) is 0 Å². The van der Waals surface area contributed by atoms with E-state index in [1.54, 1.807) is 24.7 Å². The molecule has 1 aromatic carbocycles. The summed E-state index contributed by atoms with van der Waals surface area (Å²) >= 11 is 0. The molecule has 23 heavy (non-hydrogen) atoms.